The van der Waals surface area contributed by atoms with Crippen molar-refractivity contribution in [2.24, 2.45) is 0 Å². The smallest absolute Gasteiger partial charge is 0.487 e. The highest BCUT2D eigenvalue weighted by atomic mass is 35.5. The normalized spacial score (nSPS) is 10.3. The summed E-state index contributed by atoms with van der Waals surface area (Å²) in [6.45, 7) is 3.72. The Labute approximate surface area is 138 Å². The van der Waals surface area contributed by atoms with Crippen LogP contribution in [0.3, 0.4) is 0 Å². The molecule has 0 saturated heterocycles. The van der Waals surface area contributed by atoms with Gasteiger partial charge in [0.15, 0.2) is 0 Å². The van der Waals surface area contributed by atoms with Gasteiger partial charge in [-0.3, -0.25) is 0 Å². The fraction of sp³-hybridized carbons (Fsp3) is 0.235. The highest BCUT2D eigenvalue weighted by Crippen LogP contribution is 2.30. The van der Waals surface area contributed by atoms with Gasteiger partial charge in [-0.05, 0) is 49.2 Å². The first-order valence-corrected chi connectivity index (χ1v) is 7.23. The third-order valence-electron chi connectivity index (χ3n) is 3.36. The van der Waals surface area contributed by atoms with E-state index in [0.29, 0.717) is 10.8 Å². The van der Waals surface area contributed by atoms with E-state index in [4.69, 9.17) is 21.1 Å². The Hall–Kier alpha value is -2.27. The Morgan fingerprint density at radius 2 is 1.87 bits per heavy atom. The second kappa shape index (κ2) is 7.33. The average Bonchev–Trinajstić information content (AvgIpc) is 2.51. The Morgan fingerprint density at radius 3 is 2.57 bits per heavy atom. The van der Waals surface area contributed by atoms with Gasteiger partial charge in [-0.25, -0.2) is 9.18 Å². The molecule has 0 saturated carbocycles. The molecular formula is C17H16ClFO4. The topological polar surface area (TPSA) is 44.8 Å². The Balaban J connectivity index is 2.23. The van der Waals surface area contributed by atoms with Crippen LogP contribution < -0.4 is 9.47 Å². The number of carbonyl (C=O) groups is 1. The summed E-state index contributed by atoms with van der Waals surface area (Å²) >= 11 is 6.13. The Morgan fingerprint density at radius 1 is 1.17 bits per heavy atom. The lowest BCUT2D eigenvalue weighted by Crippen LogP contribution is -2.11. The molecule has 2 rings (SSSR count). The van der Waals surface area contributed by atoms with Gasteiger partial charge in [0, 0.05) is 0 Å². The largest absolute Gasteiger partial charge is 0.513 e. The maximum atomic E-state index is 14.0. The molecule has 0 spiro atoms. The number of benzene rings is 2. The third kappa shape index (κ3) is 4.13. The van der Waals surface area contributed by atoms with Crippen LogP contribution in [0.25, 0.3) is 0 Å². The minimum atomic E-state index is -0.930. The number of aryl methyl sites for hydroxylation is 2. The first-order chi connectivity index (χ1) is 10.9. The molecule has 0 unspecified atom stereocenters. The van der Waals surface area contributed by atoms with Gasteiger partial charge in [0.25, 0.3) is 0 Å². The maximum absolute atomic E-state index is 14.0. The van der Waals surface area contributed by atoms with E-state index in [1.807, 2.05) is 13.8 Å². The molecule has 0 aliphatic carbocycles. The van der Waals surface area contributed by atoms with Crippen molar-refractivity contribution < 1.29 is 23.4 Å². The number of hydrogen-bond acceptors (Lipinski definition) is 4. The summed E-state index contributed by atoms with van der Waals surface area (Å²) in [6.07, 6.45) is -0.930. The summed E-state index contributed by atoms with van der Waals surface area (Å²) in [5, 5.41) is 0.430. The molecule has 0 aliphatic rings. The number of methoxy groups -OCH3 is 1. The fourth-order valence-electron chi connectivity index (χ4n) is 1.92. The van der Waals surface area contributed by atoms with Gasteiger partial charge in [0.2, 0.25) is 0 Å². The van der Waals surface area contributed by atoms with Crippen LogP contribution in [-0.2, 0) is 11.3 Å². The molecule has 2 aromatic carbocycles. The molecule has 6 heteroatoms. The predicted octanol–water partition coefficient (Wildman–Crippen LogP) is 4.82. The second-order valence-corrected chi connectivity index (χ2v) is 5.34. The summed E-state index contributed by atoms with van der Waals surface area (Å²) < 4.78 is 28.9. The van der Waals surface area contributed by atoms with Crippen molar-refractivity contribution in [3.05, 3.63) is 57.9 Å². The third-order valence-corrected chi connectivity index (χ3v) is 3.65. The average molecular weight is 339 g/mol. The molecule has 0 N–H and O–H groups in total. The molecule has 4 nitrogen and oxygen atoms in total. The summed E-state index contributed by atoms with van der Waals surface area (Å²) in [7, 11) is 1.17. The van der Waals surface area contributed by atoms with Crippen LogP contribution in [0.15, 0.2) is 30.3 Å². The van der Waals surface area contributed by atoms with E-state index >= 15 is 0 Å². The van der Waals surface area contributed by atoms with Crippen molar-refractivity contribution in [2.45, 2.75) is 20.5 Å². The van der Waals surface area contributed by atoms with Gasteiger partial charge in [-0.15, -0.1) is 0 Å². The SMILES string of the molecule is COC(=O)Oc1cccc(F)c1COc1cc(C)c(C)cc1Cl. The maximum Gasteiger partial charge on any atom is 0.513 e. The van der Waals surface area contributed by atoms with E-state index in [2.05, 4.69) is 4.74 Å². The van der Waals surface area contributed by atoms with Crippen LogP contribution in [0.1, 0.15) is 16.7 Å². The predicted molar refractivity (Wildman–Crippen MR) is 84.7 cm³/mol. The molecule has 0 fully saturated rings. The van der Waals surface area contributed by atoms with Gasteiger partial charge in [-0.1, -0.05) is 17.7 Å². The monoisotopic (exact) mass is 338 g/mol. The van der Waals surface area contributed by atoms with Crippen LogP contribution in [0.5, 0.6) is 11.5 Å². The zero-order chi connectivity index (χ0) is 17.0. The molecule has 0 amide bonds. The lowest BCUT2D eigenvalue weighted by molar-refractivity contribution is 0.120. The quantitative estimate of drug-likeness (QED) is 0.592. The van der Waals surface area contributed by atoms with Crippen LogP contribution in [0.2, 0.25) is 5.02 Å². The molecule has 0 bridgehead atoms. The number of rotatable bonds is 4. The molecule has 0 aliphatic heterocycles. The van der Waals surface area contributed by atoms with Crippen LogP contribution in [0.4, 0.5) is 9.18 Å². The lowest BCUT2D eigenvalue weighted by Gasteiger charge is -2.13. The lowest BCUT2D eigenvalue weighted by atomic mass is 10.1. The standard InChI is InChI=1S/C17H16ClFO4/c1-10-7-13(18)16(8-11(10)2)22-9-12-14(19)5-4-6-15(12)23-17(20)21-3/h4-8H,9H2,1-3H3. The molecule has 0 radical (unpaired) electrons. The molecule has 122 valence electrons. The minimum Gasteiger partial charge on any atom is -0.487 e. The van der Waals surface area contributed by atoms with Gasteiger partial charge >= 0.3 is 6.16 Å². The zero-order valence-electron chi connectivity index (χ0n) is 13.0. The number of hydrogen-bond donors (Lipinski definition) is 0. The molecule has 23 heavy (non-hydrogen) atoms. The van der Waals surface area contributed by atoms with Gasteiger partial charge in [0.05, 0.1) is 17.7 Å². The van der Waals surface area contributed by atoms with Crippen molar-refractivity contribution in [3.63, 3.8) is 0 Å². The van der Waals surface area contributed by atoms with E-state index in [-0.39, 0.29) is 17.9 Å². The van der Waals surface area contributed by atoms with Gasteiger partial charge < -0.3 is 14.2 Å². The van der Waals surface area contributed by atoms with Gasteiger partial charge in [0.1, 0.15) is 23.9 Å². The van der Waals surface area contributed by atoms with E-state index in [0.717, 1.165) is 11.1 Å². The number of ether oxygens (including phenoxy) is 3. The van der Waals surface area contributed by atoms with E-state index < -0.39 is 12.0 Å². The Bertz CT molecular complexity index is 731. The summed E-state index contributed by atoms with van der Waals surface area (Å²) in [5.74, 6) is -0.0785. The van der Waals surface area contributed by atoms with Crippen molar-refractivity contribution >= 4 is 17.8 Å². The van der Waals surface area contributed by atoms with Crippen molar-refractivity contribution in [3.8, 4) is 11.5 Å². The van der Waals surface area contributed by atoms with Crippen molar-refractivity contribution in [1.82, 2.24) is 0 Å². The first-order valence-electron chi connectivity index (χ1n) is 6.85. The van der Waals surface area contributed by atoms with Crippen LogP contribution >= 0.6 is 11.6 Å². The fourth-order valence-corrected chi connectivity index (χ4v) is 2.19. The summed E-state index contributed by atoms with van der Waals surface area (Å²) in [6, 6.07) is 7.70. The molecule has 0 heterocycles. The second-order valence-electron chi connectivity index (χ2n) is 4.93. The first kappa shape index (κ1) is 17.1. The number of carbonyl (C=O) groups excluding carboxylic acids is 1. The zero-order valence-corrected chi connectivity index (χ0v) is 13.7. The van der Waals surface area contributed by atoms with E-state index in [1.54, 1.807) is 12.1 Å². The number of halogens is 2. The van der Waals surface area contributed by atoms with Crippen molar-refractivity contribution in [1.29, 1.82) is 0 Å². The molecule has 2 aromatic rings. The van der Waals surface area contributed by atoms with Crippen LogP contribution in [-0.4, -0.2) is 13.3 Å². The summed E-state index contributed by atoms with van der Waals surface area (Å²) in [5.41, 5.74) is 2.14. The Kier molecular flexibility index (Phi) is 5.45. The summed E-state index contributed by atoms with van der Waals surface area (Å²) in [4.78, 5) is 11.2. The van der Waals surface area contributed by atoms with Crippen molar-refractivity contribution in [2.75, 3.05) is 7.11 Å². The molecular weight excluding hydrogens is 323 g/mol. The minimum absolute atomic E-state index is 0.0387. The molecule has 0 atom stereocenters. The highest BCUT2D eigenvalue weighted by molar-refractivity contribution is 6.32. The molecule has 0 aromatic heterocycles. The van der Waals surface area contributed by atoms with Gasteiger partial charge in [-0.2, -0.15) is 0 Å². The highest BCUT2D eigenvalue weighted by Gasteiger charge is 2.15. The van der Waals surface area contributed by atoms with E-state index in [1.165, 1.54) is 25.3 Å². The van der Waals surface area contributed by atoms with E-state index in [9.17, 15) is 9.18 Å². The van der Waals surface area contributed by atoms with Crippen LogP contribution in [0, 0.1) is 19.7 Å².